The van der Waals surface area contributed by atoms with Crippen LogP contribution in [0.2, 0.25) is 0 Å². The molecule has 0 aromatic heterocycles. The Hall–Kier alpha value is -3.94. The Balaban J connectivity index is 2.09. The molecule has 0 spiro atoms. The standard InChI is InChI=1S/C21H21N3O5/c1-3-24(21(27)28)19(25)13(2)12-14-4-6-16(7-5-14)20(26)29-17-10-8-15(9-11-17)18(22)23/h4-12H,3H2,1-2H3,(H3,22,23)(H,27,28). The average Bonchev–Trinajstić information content (AvgIpc) is 2.69. The summed E-state index contributed by atoms with van der Waals surface area (Å²) in [6, 6.07) is 12.6. The fourth-order valence-corrected chi connectivity index (χ4v) is 2.47. The molecule has 0 unspecified atom stereocenters. The highest BCUT2D eigenvalue weighted by Crippen LogP contribution is 2.16. The van der Waals surface area contributed by atoms with Gasteiger partial charge in [0, 0.05) is 17.7 Å². The minimum Gasteiger partial charge on any atom is -0.465 e. The molecule has 2 aromatic rings. The second-order valence-corrected chi connectivity index (χ2v) is 6.11. The molecule has 0 radical (unpaired) electrons. The number of carboxylic acid groups (broad SMARTS) is 1. The van der Waals surface area contributed by atoms with Crippen molar-refractivity contribution >= 4 is 29.9 Å². The van der Waals surface area contributed by atoms with Gasteiger partial charge in [0.2, 0.25) is 0 Å². The van der Waals surface area contributed by atoms with Crippen LogP contribution in [0.1, 0.15) is 35.3 Å². The molecule has 2 rings (SSSR count). The molecule has 0 saturated carbocycles. The lowest BCUT2D eigenvalue weighted by Crippen LogP contribution is -2.35. The fraction of sp³-hybridized carbons (Fsp3) is 0.143. The van der Waals surface area contributed by atoms with Crippen molar-refractivity contribution in [2.24, 2.45) is 5.73 Å². The second-order valence-electron chi connectivity index (χ2n) is 6.11. The number of benzene rings is 2. The minimum absolute atomic E-state index is 0.0531. The number of amidine groups is 1. The third-order valence-corrected chi connectivity index (χ3v) is 4.04. The van der Waals surface area contributed by atoms with Crippen molar-refractivity contribution in [2.75, 3.05) is 6.54 Å². The van der Waals surface area contributed by atoms with Crippen LogP contribution in [0.25, 0.3) is 6.08 Å². The maximum atomic E-state index is 12.2. The highest BCUT2D eigenvalue weighted by atomic mass is 16.5. The van der Waals surface area contributed by atoms with Crippen molar-refractivity contribution in [3.63, 3.8) is 0 Å². The number of imide groups is 1. The van der Waals surface area contributed by atoms with E-state index in [9.17, 15) is 14.4 Å². The van der Waals surface area contributed by atoms with E-state index in [4.69, 9.17) is 21.0 Å². The number of nitrogens with zero attached hydrogens (tertiary/aromatic N) is 1. The van der Waals surface area contributed by atoms with Crippen molar-refractivity contribution in [2.45, 2.75) is 13.8 Å². The monoisotopic (exact) mass is 395 g/mol. The van der Waals surface area contributed by atoms with Crippen LogP contribution in [0.5, 0.6) is 5.75 Å². The van der Waals surface area contributed by atoms with Crippen LogP contribution in [0.15, 0.2) is 54.1 Å². The van der Waals surface area contributed by atoms with Crippen molar-refractivity contribution in [3.8, 4) is 5.75 Å². The van der Waals surface area contributed by atoms with Crippen LogP contribution in [0, 0.1) is 5.41 Å². The Morgan fingerprint density at radius 2 is 1.62 bits per heavy atom. The van der Waals surface area contributed by atoms with Crippen LogP contribution in [-0.4, -0.2) is 40.4 Å². The van der Waals surface area contributed by atoms with E-state index in [1.165, 1.54) is 6.92 Å². The quantitative estimate of drug-likeness (QED) is 0.226. The highest BCUT2D eigenvalue weighted by molar-refractivity contribution is 6.04. The lowest BCUT2D eigenvalue weighted by atomic mass is 10.1. The zero-order chi connectivity index (χ0) is 21.6. The van der Waals surface area contributed by atoms with E-state index in [1.54, 1.807) is 61.5 Å². The van der Waals surface area contributed by atoms with Crippen LogP contribution in [-0.2, 0) is 4.79 Å². The number of nitrogens with one attached hydrogen (secondary N) is 1. The van der Waals surface area contributed by atoms with E-state index in [1.807, 2.05) is 0 Å². The topological polar surface area (TPSA) is 134 Å². The number of carbonyl (C=O) groups excluding carboxylic acids is 2. The Morgan fingerprint density at radius 3 is 2.10 bits per heavy atom. The van der Waals surface area contributed by atoms with Gasteiger partial charge >= 0.3 is 12.1 Å². The van der Waals surface area contributed by atoms with Gasteiger partial charge in [-0.25, -0.2) is 14.5 Å². The summed E-state index contributed by atoms with van der Waals surface area (Å²) in [6.07, 6.45) is 0.239. The maximum Gasteiger partial charge on any atom is 0.414 e. The zero-order valence-corrected chi connectivity index (χ0v) is 16.0. The van der Waals surface area contributed by atoms with E-state index in [2.05, 4.69) is 0 Å². The molecular weight excluding hydrogens is 374 g/mol. The van der Waals surface area contributed by atoms with E-state index in [-0.39, 0.29) is 18.0 Å². The molecule has 0 aliphatic carbocycles. The summed E-state index contributed by atoms with van der Waals surface area (Å²) in [5.74, 6) is -0.922. The third kappa shape index (κ3) is 5.52. The van der Waals surface area contributed by atoms with Gasteiger partial charge in [0.1, 0.15) is 11.6 Å². The number of hydrogen-bond acceptors (Lipinski definition) is 5. The van der Waals surface area contributed by atoms with Crippen molar-refractivity contribution in [1.82, 2.24) is 4.90 Å². The number of likely N-dealkylation sites (N-methyl/N-ethyl adjacent to an activating group) is 1. The molecule has 8 heteroatoms. The molecule has 4 N–H and O–H groups in total. The Bertz CT molecular complexity index is 963. The Morgan fingerprint density at radius 1 is 1.07 bits per heavy atom. The van der Waals surface area contributed by atoms with Crippen molar-refractivity contribution in [1.29, 1.82) is 5.41 Å². The summed E-state index contributed by atoms with van der Waals surface area (Å²) in [5, 5.41) is 16.4. The van der Waals surface area contributed by atoms with E-state index in [0.29, 0.717) is 22.4 Å². The van der Waals surface area contributed by atoms with Gasteiger partial charge in [-0.1, -0.05) is 12.1 Å². The van der Waals surface area contributed by atoms with Gasteiger partial charge in [-0.05, 0) is 61.9 Å². The van der Waals surface area contributed by atoms with Crippen LogP contribution < -0.4 is 10.5 Å². The van der Waals surface area contributed by atoms with Gasteiger partial charge in [-0.15, -0.1) is 0 Å². The van der Waals surface area contributed by atoms with E-state index in [0.717, 1.165) is 4.90 Å². The average molecular weight is 395 g/mol. The predicted octanol–water partition coefficient (Wildman–Crippen LogP) is 3.12. The number of esters is 1. The van der Waals surface area contributed by atoms with E-state index < -0.39 is 18.0 Å². The summed E-state index contributed by atoms with van der Waals surface area (Å²) in [6.45, 7) is 3.16. The zero-order valence-electron chi connectivity index (χ0n) is 16.0. The van der Waals surface area contributed by atoms with Crippen LogP contribution in [0.4, 0.5) is 4.79 Å². The molecule has 0 fully saturated rings. The SMILES string of the molecule is CCN(C(=O)O)C(=O)C(C)=Cc1ccc(C(=O)Oc2ccc(C(=N)N)cc2)cc1. The second kappa shape index (κ2) is 9.32. The molecule has 0 bridgehead atoms. The molecule has 0 saturated heterocycles. The first-order chi connectivity index (χ1) is 13.7. The van der Waals surface area contributed by atoms with Gasteiger partial charge in [-0.2, -0.15) is 0 Å². The summed E-state index contributed by atoms with van der Waals surface area (Å²) in [5.41, 5.74) is 7.11. The number of amides is 2. The molecule has 0 atom stereocenters. The van der Waals surface area contributed by atoms with Crippen LogP contribution >= 0.6 is 0 Å². The smallest absolute Gasteiger partial charge is 0.414 e. The van der Waals surface area contributed by atoms with Crippen molar-refractivity contribution < 1.29 is 24.2 Å². The first kappa shape index (κ1) is 21.4. The van der Waals surface area contributed by atoms with Gasteiger partial charge < -0.3 is 15.6 Å². The molecule has 2 aromatic carbocycles. The first-order valence-electron chi connectivity index (χ1n) is 8.72. The summed E-state index contributed by atoms with van der Waals surface area (Å²) < 4.78 is 5.28. The molecule has 150 valence electrons. The molecule has 29 heavy (non-hydrogen) atoms. The van der Waals surface area contributed by atoms with Crippen molar-refractivity contribution in [3.05, 3.63) is 70.8 Å². The summed E-state index contributed by atoms with van der Waals surface area (Å²) >= 11 is 0. The number of hydrogen-bond donors (Lipinski definition) is 3. The summed E-state index contributed by atoms with van der Waals surface area (Å²) in [4.78, 5) is 36.2. The number of nitrogens with two attached hydrogens (primary N) is 1. The number of ether oxygens (including phenoxy) is 1. The molecular formula is C21H21N3O5. The third-order valence-electron chi connectivity index (χ3n) is 4.04. The maximum absolute atomic E-state index is 12.2. The number of rotatable bonds is 6. The van der Waals surface area contributed by atoms with E-state index >= 15 is 0 Å². The Kier molecular flexibility index (Phi) is 6.86. The van der Waals surface area contributed by atoms with Gasteiger partial charge in [0.05, 0.1) is 5.56 Å². The largest absolute Gasteiger partial charge is 0.465 e. The molecule has 0 aliphatic rings. The van der Waals surface area contributed by atoms with Gasteiger partial charge in [0.15, 0.2) is 0 Å². The number of carbonyl (C=O) groups is 3. The lowest BCUT2D eigenvalue weighted by molar-refractivity contribution is -0.124. The molecule has 0 aliphatic heterocycles. The number of nitrogen functional groups attached to an aromatic ring is 1. The molecule has 0 heterocycles. The fourth-order valence-electron chi connectivity index (χ4n) is 2.47. The molecule has 8 nitrogen and oxygen atoms in total. The van der Waals surface area contributed by atoms with Gasteiger partial charge in [-0.3, -0.25) is 10.2 Å². The van der Waals surface area contributed by atoms with Crippen LogP contribution in [0.3, 0.4) is 0 Å². The highest BCUT2D eigenvalue weighted by Gasteiger charge is 2.19. The summed E-state index contributed by atoms with van der Waals surface area (Å²) in [7, 11) is 0. The predicted molar refractivity (Wildman–Crippen MR) is 108 cm³/mol. The molecule has 2 amide bonds. The Labute approximate surface area is 167 Å². The minimum atomic E-state index is -1.31. The van der Waals surface area contributed by atoms with Gasteiger partial charge in [0.25, 0.3) is 5.91 Å². The lowest BCUT2D eigenvalue weighted by Gasteiger charge is -2.15. The normalized spacial score (nSPS) is 10.9. The first-order valence-corrected chi connectivity index (χ1v) is 8.72.